The first-order chi connectivity index (χ1) is 15.7. The molecule has 0 saturated carbocycles. The topological polar surface area (TPSA) is 65.0 Å². The minimum absolute atomic E-state index is 0.117. The Labute approximate surface area is 188 Å². The van der Waals surface area contributed by atoms with Gasteiger partial charge in [0.1, 0.15) is 12.7 Å². The molecule has 0 spiro atoms. The van der Waals surface area contributed by atoms with Crippen LogP contribution in [0.15, 0.2) is 78.9 Å². The van der Waals surface area contributed by atoms with Gasteiger partial charge in [-0.2, -0.15) is 0 Å². The van der Waals surface area contributed by atoms with Gasteiger partial charge in [0, 0.05) is 5.92 Å². The molecule has 1 aliphatic heterocycles. The highest BCUT2D eigenvalue weighted by atomic mass is 16.6. The van der Waals surface area contributed by atoms with E-state index in [0.717, 1.165) is 16.7 Å². The second kappa shape index (κ2) is 10.3. The lowest BCUT2D eigenvalue weighted by Gasteiger charge is -2.21. The third-order valence-corrected chi connectivity index (χ3v) is 5.98. The first-order valence-electron chi connectivity index (χ1n) is 10.9. The standard InChI is InChI=1S/C27H28O5/c1-30-25-16-21(12-13-24(25)31-18-20-10-6-3-7-11-20)15-22-23(27(29)32-26(22)17-28)14-19-8-4-2-5-9-19/h2-13,16,22-23,26,28H,14-15,17-18H2,1H3/t22-,23-,26-/m1/s1. The maximum absolute atomic E-state index is 12.6. The van der Waals surface area contributed by atoms with Crippen LogP contribution in [0.3, 0.4) is 0 Å². The van der Waals surface area contributed by atoms with E-state index < -0.39 is 6.10 Å². The zero-order valence-corrected chi connectivity index (χ0v) is 18.1. The van der Waals surface area contributed by atoms with Crippen molar-refractivity contribution in [3.8, 4) is 11.5 Å². The summed E-state index contributed by atoms with van der Waals surface area (Å²) in [6.45, 7) is 0.268. The highest BCUT2D eigenvalue weighted by Crippen LogP contribution is 2.36. The Kier molecular flexibility index (Phi) is 7.07. The Morgan fingerprint density at radius 1 is 0.844 bits per heavy atom. The molecule has 32 heavy (non-hydrogen) atoms. The first-order valence-corrected chi connectivity index (χ1v) is 10.9. The van der Waals surface area contributed by atoms with Crippen LogP contribution in [0, 0.1) is 11.8 Å². The van der Waals surface area contributed by atoms with Crippen molar-refractivity contribution in [1.82, 2.24) is 0 Å². The average Bonchev–Trinajstić information content (AvgIpc) is 3.13. The quantitative estimate of drug-likeness (QED) is 0.513. The average molecular weight is 433 g/mol. The van der Waals surface area contributed by atoms with Gasteiger partial charge in [-0.15, -0.1) is 0 Å². The lowest BCUT2D eigenvalue weighted by Crippen LogP contribution is -2.27. The van der Waals surface area contributed by atoms with Crippen LogP contribution < -0.4 is 9.47 Å². The van der Waals surface area contributed by atoms with Crippen molar-refractivity contribution in [3.05, 3.63) is 95.6 Å². The third kappa shape index (κ3) is 5.11. The molecule has 1 aliphatic rings. The molecule has 0 radical (unpaired) electrons. The summed E-state index contributed by atoms with van der Waals surface area (Å²) in [5.74, 6) is 0.651. The Hall–Kier alpha value is -3.31. The van der Waals surface area contributed by atoms with Gasteiger partial charge in [0.25, 0.3) is 0 Å². The van der Waals surface area contributed by atoms with E-state index in [-0.39, 0.29) is 24.4 Å². The number of carbonyl (C=O) groups excluding carboxylic acids is 1. The summed E-state index contributed by atoms with van der Waals surface area (Å²) in [5, 5.41) is 9.82. The predicted molar refractivity (Wildman–Crippen MR) is 122 cm³/mol. The van der Waals surface area contributed by atoms with Gasteiger partial charge in [-0.25, -0.2) is 0 Å². The highest BCUT2D eigenvalue weighted by Gasteiger charge is 2.44. The van der Waals surface area contributed by atoms with Crippen LogP contribution in [0.5, 0.6) is 11.5 Å². The number of benzene rings is 3. The molecule has 0 unspecified atom stereocenters. The SMILES string of the molecule is COc1cc(C[C@H]2[C@@H](CO)OC(=O)[C@@H]2Cc2ccccc2)ccc1OCc1ccccc1. The van der Waals surface area contributed by atoms with Crippen LogP contribution in [-0.2, 0) is 29.0 Å². The Bertz CT molecular complexity index is 1020. The minimum Gasteiger partial charge on any atom is -0.493 e. The molecule has 0 bridgehead atoms. The van der Waals surface area contributed by atoms with Gasteiger partial charge in [-0.1, -0.05) is 66.7 Å². The molecule has 1 saturated heterocycles. The van der Waals surface area contributed by atoms with E-state index in [9.17, 15) is 9.90 Å². The largest absolute Gasteiger partial charge is 0.493 e. The van der Waals surface area contributed by atoms with Crippen molar-refractivity contribution >= 4 is 5.97 Å². The smallest absolute Gasteiger partial charge is 0.310 e. The molecule has 4 rings (SSSR count). The number of aliphatic hydroxyl groups is 1. The molecular formula is C27H28O5. The summed E-state index contributed by atoms with van der Waals surface area (Å²) in [5.41, 5.74) is 3.17. The maximum atomic E-state index is 12.6. The second-order valence-corrected chi connectivity index (χ2v) is 8.08. The molecule has 0 aliphatic carbocycles. The number of hydrogen-bond acceptors (Lipinski definition) is 5. The maximum Gasteiger partial charge on any atom is 0.310 e. The molecule has 1 heterocycles. The van der Waals surface area contributed by atoms with Crippen molar-refractivity contribution in [2.75, 3.05) is 13.7 Å². The molecule has 1 N–H and O–H groups in total. The van der Waals surface area contributed by atoms with E-state index in [1.807, 2.05) is 78.9 Å². The Balaban J connectivity index is 1.49. The van der Waals surface area contributed by atoms with E-state index in [1.54, 1.807) is 7.11 Å². The fraction of sp³-hybridized carbons (Fsp3) is 0.296. The number of esters is 1. The van der Waals surface area contributed by atoms with Gasteiger partial charge in [0.05, 0.1) is 19.6 Å². The summed E-state index contributed by atoms with van der Waals surface area (Å²) in [6, 6.07) is 25.7. The molecule has 3 aromatic rings. The normalized spacial score (nSPS) is 20.1. The van der Waals surface area contributed by atoms with Crippen molar-refractivity contribution in [3.63, 3.8) is 0 Å². The van der Waals surface area contributed by atoms with Crippen LogP contribution in [0.2, 0.25) is 0 Å². The lowest BCUT2D eigenvalue weighted by atomic mass is 9.81. The number of methoxy groups -OCH3 is 1. The summed E-state index contributed by atoms with van der Waals surface area (Å²) >= 11 is 0. The van der Waals surface area contributed by atoms with Crippen LogP contribution in [0.4, 0.5) is 0 Å². The van der Waals surface area contributed by atoms with E-state index in [1.165, 1.54) is 0 Å². The van der Waals surface area contributed by atoms with E-state index in [2.05, 4.69) is 0 Å². The Morgan fingerprint density at radius 2 is 1.53 bits per heavy atom. The third-order valence-electron chi connectivity index (χ3n) is 5.98. The number of ether oxygens (including phenoxy) is 3. The lowest BCUT2D eigenvalue weighted by molar-refractivity contribution is -0.145. The van der Waals surface area contributed by atoms with Gasteiger partial charge in [0.15, 0.2) is 11.5 Å². The van der Waals surface area contributed by atoms with Crippen molar-refractivity contribution in [2.24, 2.45) is 11.8 Å². The molecule has 0 amide bonds. The van der Waals surface area contributed by atoms with Gasteiger partial charge in [-0.3, -0.25) is 4.79 Å². The van der Waals surface area contributed by atoms with E-state index in [4.69, 9.17) is 14.2 Å². The molecule has 0 aromatic heterocycles. The van der Waals surface area contributed by atoms with Crippen molar-refractivity contribution in [1.29, 1.82) is 0 Å². The second-order valence-electron chi connectivity index (χ2n) is 8.08. The molecule has 1 fully saturated rings. The monoisotopic (exact) mass is 432 g/mol. The molecule has 166 valence electrons. The molecule has 5 nitrogen and oxygen atoms in total. The van der Waals surface area contributed by atoms with Crippen LogP contribution in [0.1, 0.15) is 16.7 Å². The highest BCUT2D eigenvalue weighted by molar-refractivity contribution is 5.75. The predicted octanol–water partition coefficient (Wildman–Crippen LogP) is 4.21. The van der Waals surface area contributed by atoms with E-state index in [0.29, 0.717) is 30.9 Å². The number of rotatable bonds is 9. The van der Waals surface area contributed by atoms with Gasteiger partial charge in [0.2, 0.25) is 0 Å². The van der Waals surface area contributed by atoms with Gasteiger partial charge in [-0.05, 0) is 41.7 Å². The summed E-state index contributed by atoms with van der Waals surface area (Å²) in [6.07, 6.45) is 0.691. The zero-order chi connectivity index (χ0) is 22.3. The summed E-state index contributed by atoms with van der Waals surface area (Å²) < 4.78 is 17.0. The van der Waals surface area contributed by atoms with Crippen molar-refractivity contribution < 1.29 is 24.1 Å². The minimum atomic E-state index is -0.504. The van der Waals surface area contributed by atoms with Crippen molar-refractivity contribution in [2.45, 2.75) is 25.6 Å². The summed E-state index contributed by atoms with van der Waals surface area (Å²) in [7, 11) is 1.62. The number of aliphatic hydroxyl groups excluding tert-OH is 1. The summed E-state index contributed by atoms with van der Waals surface area (Å²) in [4.78, 5) is 12.6. The fourth-order valence-electron chi connectivity index (χ4n) is 4.27. The van der Waals surface area contributed by atoms with Crippen LogP contribution in [-0.4, -0.2) is 30.9 Å². The molecule has 5 heteroatoms. The van der Waals surface area contributed by atoms with Gasteiger partial charge >= 0.3 is 5.97 Å². The van der Waals surface area contributed by atoms with E-state index >= 15 is 0 Å². The first kappa shape index (κ1) is 21.9. The number of cyclic esters (lactones) is 1. The zero-order valence-electron chi connectivity index (χ0n) is 18.1. The number of hydrogen-bond donors (Lipinski definition) is 1. The fourth-order valence-corrected chi connectivity index (χ4v) is 4.27. The molecular weight excluding hydrogens is 404 g/mol. The van der Waals surface area contributed by atoms with Gasteiger partial charge < -0.3 is 19.3 Å². The molecule has 3 aromatic carbocycles. The van der Waals surface area contributed by atoms with Crippen LogP contribution in [0.25, 0.3) is 0 Å². The van der Waals surface area contributed by atoms with Crippen LogP contribution >= 0.6 is 0 Å². The number of carbonyl (C=O) groups is 1. The Morgan fingerprint density at radius 3 is 2.19 bits per heavy atom. The molecule has 3 atom stereocenters.